The van der Waals surface area contributed by atoms with E-state index in [2.05, 4.69) is 10.6 Å². The van der Waals surface area contributed by atoms with Crippen LogP contribution in [0, 0.1) is 11.8 Å². The Balaban J connectivity index is 1.60. The zero-order valence-corrected chi connectivity index (χ0v) is 18.4. The van der Waals surface area contributed by atoms with Crippen molar-refractivity contribution in [3.63, 3.8) is 0 Å². The molecule has 1 fully saturated rings. The van der Waals surface area contributed by atoms with Gasteiger partial charge in [-0.25, -0.2) is 0 Å². The van der Waals surface area contributed by atoms with Crippen LogP contribution in [0.25, 0.3) is 0 Å². The van der Waals surface area contributed by atoms with Crippen LogP contribution in [0.1, 0.15) is 62.4 Å². The minimum Gasteiger partial charge on any atom is -0.388 e. The van der Waals surface area contributed by atoms with Crippen molar-refractivity contribution < 1.29 is 15.0 Å². The van der Waals surface area contributed by atoms with Gasteiger partial charge < -0.3 is 20.8 Å². The van der Waals surface area contributed by atoms with Gasteiger partial charge in [0.25, 0.3) is 0 Å². The summed E-state index contributed by atoms with van der Waals surface area (Å²) < 4.78 is 0. The summed E-state index contributed by atoms with van der Waals surface area (Å²) in [6.45, 7) is 3.34. The highest BCUT2D eigenvalue weighted by atomic mass is 16.3. The molecular weight excluding hydrogens is 388 g/mol. The number of carbonyl (C=O) groups is 1. The minimum atomic E-state index is -0.483. The lowest BCUT2D eigenvalue weighted by atomic mass is 9.82. The number of amides is 1. The SMILES string of the molecule is CCC(=O)NC[C@@H]1NC[C@H](CCC(O)c2ccccc2)[C@H]1CCC(O)c1ccccc1. The predicted molar refractivity (Wildman–Crippen MR) is 123 cm³/mol. The van der Waals surface area contributed by atoms with E-state index >= 15 is 0 Å². The molecule has 2 unspecified atom stereocenters. The van der Waals surface area contributed by atoms with Crippen LogP contribution in [-0.4, -0.2) is 35.3 Å². The van der Waals surface area contributed by atoms with Gasteiger partial charge >= 0.3 is 0 Å². The van der Waals surface area contributed by atoms with E-state index in [4.69, 9.17) is 0 Å². The molecule has 5 heteroatoms. The third-order valence-electron chi connectivity index (χ3n) is 6.56. The maximum absolute atomic E-state index is 11.8. The van der Waals surface area contributed by atoms with Gasteiger partial charge in [-0.1, -0.05) is 67.6 Å². The summed E-state index contributed by atoms with van der Waals surface area (Å²) in [5.41, 5.74) is 1.90. The molecule has 1 amide bonds. The zero-order valence-electron chi connectivity index (χ0n) is 18.4. The first-order valence-corrected chi connectivity index (χ1v) is 11.5. The molecule has 2 aromatic rings. The van der Waals surface area contributed by atoms with Gasteiger partial charge in [0.05, 0.1) is 12.2 Å². The number of aliphatic hydroxyl groups excluding tert-OH is 2. The number of rotatable bonds is 11. The summed E-state index contributed by atoms with van der Waals surface area (Å²) in [6.07, 6.45) is 2.72. The largest absolute Gasteiger partial charge is 0.388 e. The van der Waals surface area contributed by atoms with Crippen LogP contribution in [0.2, 0.25) is 0 Å². The van der Waals surface area contributed by atoms with Crippen LogP contribution in [0.5, 0.6) is 0 Å². The fraction of sp³-hybridized carbons (Fsp3) is 0.500. The quantitative estimate of drug-likeness (QED) is 0.443. The van der Waals surface area contributed by atoms with Crippen LogP contribution < -0.4 is 10.6 Å². The predicted octanol–water partition coefficient (Wildman–Crippen LogP) is 3.74. The fourth-order valence-electron chi connectivity index (χ4n) is 4.67. The summed E-state index contributed by atoms with van der Waals surface area (Å²) >= 11 is 0. The van der Waals surface area contributed by atoms with E-state index in [0.717, 1.165) is 30.5 Å². The van der Waals surface area contributed by atoms with Crippen LogP contribution in [0.15, 0.2) is 60.7 Å². The van der Waals surface area contributed by atoms with Crippen molar-refractivity contribution in [1.82, 2.24) is 10.6 Å². The average Bonchev–Trinajstić information content (AvgIpc) is 3.21. The second-order valence-electron chi connectivity index (χ2n) is 8.60. The lowest BCUT2D eigenvalue weighted by molar-refractivity contribution is -0.120. The molecular formula is C26H36N2O3. The van der Waals surface area contributed by atoms with E-state index in [1.54, 1.807) is 0 Å². The van der Waals surface area contributed by atoms with Crippen molar-refractivity contribution in [2.24, 2.45) is 11.8 Å². The van der Waals surface area contributed by atoms with Gasteiger partial charge in [-0.3, -0.25) is 4.79 Å². The first-order chi connectivity index (χ1) is 15.1. The van der Waals surface area contributed by atoms with Crippen LogP contribution >= 0.6 is 0 Å². The highest BCUT2D eigenvalue weighted by Crippen LogP contribution is 2.34. The Labute approximate surface area is 185 Å². The smallest absolute Gasteiger partial charge is 0.219 e. The second-order valence-corrected chi connectivity index (χ2v) is 8.60. The first-order valence-electron chi connectivity index (χ1n) is 11.5. The number of aliphatic hydroxyl groups is 2. The number of carbonyl (C=O) groups excluding carboxylic acids is 1. The number of hydrogen-bond donors (Lipinski definition) is 4. The van der Waals surface area contributed by atoms with E-state index in [0.29, 0.717) is 37.6 Å². The number of benzene rings is 2. The summed E-state index contributed by atoms with van der Waals surface area (Å²) in [6, 6.07) is 19.8. The van der Waals surface area contributed by atoms with Crippen LogP contribution in [0.3, 0.4) is 0 Å². The van der Waals surface area contributed by atoms with Crippen molar-refractivity contribution >= 4 is 5.91 Å². The van der Waals surface area contributed by atoms with Crippen LogP contribution in [-0.2, 0) is 4.79 Å². The zero-order chi connectivity index (χ0) is 22.1. The Morgan fingerprint density at radius 2 is 1.52 bits per heavy atom. The van der Waals surface area contributed by atoms with Gasteiger partial charge in [-0.15, -0.1) is 0 Å². The molecule has 1 heterocycles. The molecule has 0 saturated carbocycles. The molecule has 168 valence electrons. The lowest BCUT2D eigenvalue weighted by Crippen LogP contribution is -2.40. The van der Waals surface area contributed by atoms with E-state index in [-0.39, 0.29) is 11.9 Å². The molecule has 1 aliphatic heterocycles. The van der Waals surface area contributed by atoms with Crippen molar-refractivity contribution in [3.05, 3.63) is 71.8 Å². The van der Waals surface area contributed by atoms with Crippen LogP contribution in [0.4, 0.5) is 0 Å². The maximum atomic E-state index is 11.8. The monoisotopic (exact) mass is 424 g/mol. The molecule has 1 saturated heterocycles. The third-order valence-corrected chi connectivity index (χ3v) is 6.56. The first kappa shape index (κ1) is 23.5. The molecule has 31 heavy (non-hydrogen) atoms. The molecule has 0 bridgehead atoms. The third kappa shape index (κ3) is 6.89. The molecule has 0 radical (unpaired) electrons. The maximum Gasteiger partial charge on any atom is 0.219 e. The molecule has 0 spiro atoms. The standard InChI is InChI=1S/C26H36N2O3/c1-2-26(31)28-18-23-22(14-16-25(30)20-11-7-4-8-12-20)21(17-27-23)13-15-24(29)19-9-5-3-6-10-19/h3-12,21-25,27,29-30H,2,13-18H2,1H3,(H,28,31)/t21-,22+,23-,24?,25?/m0/s1. The summed E-state index contributed by atoms with van der Waals surface area (Å²) in [5, 5.41) is 27.8. The molecule has 5 atom stereocenters. The van der Waals surface area contributed by atoms with Crippen molar-refractivity contribution in [1.29, 1.82) is 0 Å². The van der Waals surface area contributed by atoms with E-state index < -0.39 is 12.2 Å². The highest BCUT2D eigenvalue weighted by Gasteiger charge is 2.35. The number of hydrogen-bond acceptors (Lipinski definition) is 4. The lowest BCUT2D eigenvalue weighted by Gasteiger charge is -2.26. The van der Waals surface area contributed by atoms with Gasteiger partial charge in [0, 0.05) is 19.0 Å². The Morgan fingerprint density at radius 3 is 2.06 bits per heavy atom. The normalized spacial score (nSPS) is 22.7. The van der Waals surface area contributed by atoms with E-state index in [1.165, 1.54) is 0 Å². The summed E-state index contributed by atoms with van der Waals surface area (Å²) in [4.78, 5) is 11.8. The van der Waals surface area contributed by atoms with Crippen molar-refractivity contribution in [2.75, 3.05) is 13.1 Å². The fourth-order valence-corrected chi connectivity index (χ4v) is 4.67. The summed E-state index contributed by atoms with van der Waals surface area (Å²) in [7, 11) is 0. The van der Waals surface area contributed by atoms with E-state index in [1.807, 2.05) is 67.6 Å². The van der Waals surface area contributed by atoms with Gasteiger partial charge in [-0.2, -0.15) is 0 Å². The second kappa shape index (κ2) is 12.0. The summed E-state index contributed by atoms with van der Waals surface area (Å²) in [5.74, 6) is 0.816. The number of nitrogens with one attached hydrogen (secondary N) is 2. The van der Waals surface area contributed by atoms with Gasteiger partial charge in [0.2, 0.25) is 5.91 Å². The Bertz CT molecular complexity index is 784. The molecule has 1 aliphatic rings. The highest BCUT2D eigenvalue weighted by molar-refractivity contribution is 5.75. The molecule has 2 aromatic carbocycles. The van der Waals surface area contributed by atoms with E-state index in [9.17, 15) is 15.0 Å². The van der Waals surface area contributed by atoms with Gasteiger partial charge in [0.1, 0.15) is 0 Å². The molecule has 0 aromatic heterocycles. The average molecular weight is 425 g/mol. The Hall–Kier alpha value is -2.21. The van der Waals surface area contributed by atoms with Crippen molar-refractivity contribution in [3.8, 4) is 0 Å². The molecule has 5 nitrogen and oxygen atoms in total. The molecule has 4 N–H and O–H groups in total. The Kier molecular flexibility index (Phi) is 9.07. The van der Waals surface area contributed by atoms with Gasteiger partial charge in [-0.05, 0) is 55.2 Å². The minimum absolute atomic E-state index is 0.0628. The van der Waals surface area contributed by atoms with Crippen molar-refractivity contribution in [2.45, 2.75) is 57.3 Å². The van der Waals surface area contributed by atoms with Gasteiger partial charge in [0.15, 0.2) is 0 Å². The topological polar surface area (TPSA) is 81.6 Å². The molecule has 0 aliphatic carbocycles. The Morgan fingerprint density at radius 1 is 0.968 bits per heavy atom. The molecule has 3 rings (SSSR count).